The van der Waals surface area contributed by atoms with E-state index in [1.54, 1.807) is 7.11 Å². The summed E-state index contributed by atoms with van der Waals surface area (Å²) in [5.74, 6) is 1.17. The number of piperidine rings is 1. The van der Waals surface area contributed by atoms with Crippen molar-refractivity contribution in [1.29, 1.82) is 0 Å². The number of carbonyl (C=O) groups is 2. The van der Waals surface area contributed by atoms with Crippen molar-refractivity contribution in [3.05, 3.63) is 29.8 Å². The van der Waals surface area contributed by atoms with Gasteiger partial charge in [0.2, 0.25) is 11.8 Å². The fourth-order valence-corrected chi connectivity index (χ4v) is 4.50. The number of rotatable bonds is 7. The van der Waals surface area contributed by atoms with Gasteiger partial charge in [0.1, 0.15) is 5.75 Å². The second-order valence-corrected chi connectivity index (χ2v) is 7.99. The summed E-state index contributed by atoms with van der Waals surface area (Å²) in [5, 5.41) is 0. The zero-order valence-electron chi connectivity index (χ0n) is 17.4. The monoisotopic (exact) mass is 387 g/mol. The van der Waals surface area contributed by atoms with Crippen molar-refractivity contribution < 1.29 is 14.3 Å². The number of benzene rings is 1. The van der Waals surface area contributed by atoms with E-state index in [0.717, 1.165) is 50.2 Å². The lowest BCUT2D eigenvalue weighted by Crippen LogP contribution is -2.50. The molecule has 6 heteroatoms. The molecule has 1 aromatic rings. The largest absolute Gasteiger partial charge is 0.497 e. The van der Waals surface area contributed by atoms with Crippen molar-refractivity contribution in [3.63, 3.8) is 0 Å². The van der Waals surface area contributed by atoms with Crippen molar-refractivity contribution in [2.75, 3.05) is 46.4 Å². The normalized spacial score (nSPS) is 22.4. The standard InChI is InChI=1S/C22H33N3O3/c1-4-23(5-2)16-20(26)25-13-11-22(17-25)10-7-12-24(21(22)27)15-18-8-6-9-19(14-18)28-3/h6,8-9,14H,4-5,7,10-13,15-17H2,1-3H3/t22-/m0/s1. The van der Waals surface area contributed by atoms with Crippen molar-refractivity contribution >= 4 is 11.8 Å². The third-order valence-corrected chi connectivity index (χ3v) is 6.29. The Labute approximate surface area is 168 Å². The number of likely N-dealkylation sites (N-methyl/N-ethyl adjacent to an activating group) is 1. The molecule has 2 heterocycles. The van der Waals surface area contributed by atoms with Crippen LogP contribution in [-0.2, 0) is 16.1 Å². The van der Waals surface area contributed by atoms with E-state index in [0.29, 0.717) is 26.2 Å². The smallest absolute Gasteiger partial charge is 0.236 e. The van der Waals surface area contributed by atoms with E-state index < -0.39 is 5.41 Å². The Morgan fingerprint density at radius 3 is 2.71 bits per heavy atom. The van der Waals surface area contributed by atoms with Crippen LogP contribution < -0.4 is 4.74 Å². The first-order valence-electron chi connectivity index (χ1n) is 10.4. The first-order valence-corrected chi connectivity index (χ1v) is 10.4. The van der Waals surface area contributed by atoms with E-state index in [1.165, 1.54) is 0 Å². The summed E-state index contributed by atoms with van der Waals surface area (Å²) in [6.07, 6.45) is 2.66. The van der Waals surface area contributed by atoms with Crippen LogP contribution in [0.2, 0.25) is 0 Å². The maximum atomic E-state index is 13.4. The average Bonchev–Trinajstić information content (AvgIpc) is 3.15. The van der Waals surface area contributed by atoms with Crippen molar-refractivity contribution in [2.45, 2.75) is 39.7 Å². The van der Waals surface area contributed by atoms with Gasteiger partial charge < -0.3 is 14.5 Å². The number of nitrogens with zero attached hydrogens (tertiary/aromatic N) is 3. The Kier molecular flexibility index (Phi) is 6.60. The van der Waals surface area contributed by atoms with E-state index in [4.69, 9.17) is 4.74 Å². The Morgan fingerprint density at radius 1 is 1.21 bits per heavy atom. The van der Waals surface area contributed by atoms with Crippen LogP contribution in [0.1, 0.15) is 38.7 Å². The minimum Gasteiger partial charge on any atom is -0.497 e. The van der Waals surface area contributed by atoms with Gasteiger partial charge in [-0.1, -0.05) is 26.0 Å². The number of carbonyl (C=O) groups excluding carboxylic acids is 2. The summed E-state index contributed by atoms with van der Waals surface area (Å²) in [5.41, 5.74) is 0.688. The van der Waals surface area contributed by atoms with Crippen molar-refractivity contribution in [1.82, 2.24) is 14.7 Å². The highest BCUT2D eigenvalue weighted by atomic mass is 16.5. The Balaban J connectivity index is 1.65. The molecule has 0 radical (unpaired) electrons. The Bertz CT molecular complexity index is 704. The van der Waals surface area contributed by atoms with Crippen LogP contribution in [0.4, 0.5) is 0 Å². The molecule has 0 aromatic heterocycles. The molecule has 6 nitrogen and oxygen atoms in total. The highest BCUT2D eigenvalue weighted by molar-refractivity contribution is 5.86. The fraction of sp³-hybridized carbons (Fsp3) is 0.636. The van der Waals surface area contributed by atoms with Crippen LogP contribution in [-0.4, -0.2) is 72.9 Å². The van der Waals surface area contributed by atoms with Gasteiger partial charge in [0.25, 0.3) is 0 Å². The van der Waals surface area contributed by atoms with Crippen LogP contribution in [0.5, 0.6) is 5.75 Å². The van der Waals surface area contributed by atoms with Gasteiger partial charge in [-0.15, -0.1) is 0 Å². The zero-order chi connectivity index (χ0) is 20.1. The first kappa shape index (κ1) is 20.6. The maximum absolute atomic E-state index is 13.4. The summed E-state index contributed by atoms with van der Waals surface area (Å²) in [4.78, 5) is 32.1. The molecule has 2 fully saturated rings. The van der Waals surface area contributed by atoms with Crippen LogP contribution >= 0.6 is 0 Å². The first-order chi connectivity index (χ1) is 13.5. The van der Waals surface area contributed by atoms with Crippen LogP contribution in [0.25, 0.3) is 0 Å². The van der Waals surface area contributed by atoms with Gasteiger partial charge in [-0.2, -0.15) is 0 Å². The minimum atomic E-state index is -0.393. The molecule has 2 amide bonds. The van der Waals surface area contributed by atoms with Gasteiger partial charge in [-0.05, 0) is 50.0 Å². The van der Waals surface area contributed by atoms with Crippen LogP contribution in [0.15, 0.2) is 24.3 Å². The molecular weight excluding hydrogens is 354 g/mol. The SMILES string of the molecule is CCN(CC)CC(=O)N1CC[C@@]2(CCCN(Cc3cccc(OC)c3)C2=O)C1. The lowest BCUT2D eigenvalue weighted by molar-refractivity contribution is -0.147. The van der Waals surface area contributed by atoms with Gasteiger partial charge in [-0.25, -0.2) is 0 Å². The number of likely N-dealkylation sites (tertiary alicyclic amines) is 2. The zero-order valence-corrected chi connectivity index (χ0v) is 17.4. The fourth-order valence-electron chi connectivity index (χ4n) is 4.50. The molecule has 0 aliphatic carbocycles. The minimum absolute atomic E-state index is 0.151. The van der Waals surface area contributed by atoms with Gasteiger partial charge in [0.15, 0.2) is 0 Å². The second-order valence-electron chi connectivity index (χ2n) is 7.99. The van der Waals surface area contributed by atoms with Crippen molar-refractivity contribution in [3.8, 4) is 5.75 Å². The molecule has 0 N–H and O–H groups in total. The highest BCUT2D eigenvalue weighted by Crippen LogP contribution is 2.40. The van der Waals surface area contributed by atoms with Crippen LogP contribution in [0.3, 0.4) is 0 Å². The number of ether oxygens (including phenoxy) is 1. The molecule has 1 atom stereocenters. The topological polar surface area (TPSA) is 53.1 Å². The molecule has 2 aliphatic rings. The maximum Gasteiger partial charge on any atom is 0.236 e. The molecule has 0 saturated carbocycles. The predicted octanol–water partition coefficient (Wildman–Crippen LogP) is 2.38. The Hall–Kier alpha value is -2.08. The molecule has 3 rings (SSSR count). The third-order valence-electron chi connectivity index (χ3n) is 6.29. The summed E-state index contributed by atoms with van der Waals surface area (Å²) in [6, 6.07) is 7.90. The number of methoxy groups -OCH3 is 1. The van der Waals surface area contributed by atoms with Gasteiger partial charge in [0.05, 0.1) is 19.1 Å². The highest BCUT2D eigenvalue weighted by Gasteiger charge is 2.49. The summed E-state index contributed by atoms with van der Waals surface area (Å²) < 4.78 is 5.30. The molecule has 1 aromatic carbocycles. The molecule has 1 spiro atoms. The van der Waals surface area contributed by atoms with E-state index in [9.17, 15) is 9.59 Å². The Morgan fingerprint density at radius 2 is 2.00 bits per heavy atom. The molecule has 154 valence electrons. The quantitative estimate of drug-likeness (QED) is 0.721. The third kappa shape index (κ3) is 4.32. The summed E-state index contributed by atoms with van der Waals surface area (Å²) >= 11 is 0. The summed E-state index contributed by atoms with van der Waals surface area (Å²) in [6.45, 7) is 8.98. The lowest BCUT2D eigenvalue weighted by Gasteiger charge is -2.39. The lowest BCUT2D eigenvalue weighted by atomic mass is 9.78. The van der Waals surface area contributed by atoms with E-state index in [1.807, 2.05) is 34.1 Å². The second kappa shape index (κ2) is 8.95. The number of hydrogen-bond acceptors (Lipinski definition) is 4. The van der Waals surface area contributed by atoms with Crippen molar-refractivity contribution in [2.24, 2.45) is 5.41 Å². The van der Waals surface area contributed by atoms with E-state index in [2.05, 4.69) is 18.7 Å². The predicted molar refractivity (Wildman–Crippen MR) is 109 cm³/mol. The number of amides is 2. The van der Waals surface area contributed by atoms with E-state index >= 15 is 0 Å². The molecule has 0 bridgehead atoms. The van der Waals surface area contributed by atoms with Gasteiger partial charge in [0, 0.05) is 26.2 Å². The molecule has 0 unspecified atom stereocenters. The molecule has 28 heavy (non-hydrogen) atoms. The van der Waals surface area contributed by atoms with Gasteiger partial charge >= 0.3 is 0 Å². The van der Waals surface area contributed by atoms with E-state index in [-0.39, 0.29) is 11.8 Å². The van der Waals surface area contributed by atoms with Crippen LogP contribution in [0, 0.1) is 5.41 Å². The molecular formula is C22H33N3O3. The summed E-state index contributed by atoms with van der Waals surface area (Å²) in [7, 11) is 1.66. The number of hydrogen-bond donors (Lipinski definition) is 0. The molecule has 2 saturated heterocycles. The average molecular weight is 388 g/mol. The molecule has 2 aliphatic heterocycles. The van der Waals surface area contributed by atoms with Gasteiger partial charge in [-0.3, -0.25) is 14.5 Å².